The van der Waals surface area contributed by atoms with Crippen molar-refractivity contribution >= 4 is 16.1 Å². The summed E-state index contributed by atoms with van der Waals surface area (Å²) in [5, 5.41) is 0. The molecule has 2 bridgehead atoms. The lowest BCUT2D eigenvalue weighted by Gasteiger charge is -2.28. The number of rotatable bonds is 2. The Balaban J connectivity index is 1.72. The number of aryl methyl sites for hydroxylation is 1. The van der Waals surface area contributed by atoms with Crippen molar-refractivity contribution in [3.05, 3.63) is 59.7 Å². The maximum absolute atomic E-state index is 12.7. The topological polar surface area (TPSA) is 75.7 Å². The molecule has 0 radical (unpaired) electrons. The second kappa shape index (κ2) is 8.16. The van der Waals surface area contributed by atoms with Gasteiger partial charge in [-0.2, -0.15) is 0 Å². The molecule has 2 aromatic rings. The number of hydrogen-bond acceptors (Lipinski definition) is 4. The van der Waals surface area contributed by atoms with Gasteiger partial charge in [0, 0.05) is 12.6 Å². The molecule has 2 aliphatic rings. The molecule has 2 aliphatic heterocycles. The fraction of sp³-hybridized carbons (Fsp3) is 0.409. The van der Waals surface area contributed by atoms with Crippen LogP contribution in [0.25, 0.3) is 11.1 Å². The second-order valence-electron chi connectivity index (χ2n) is 7.83. The Hall–Kier alpha value is -2.38. The SMILES string of the molecule is CS(=O)(=O)NC1CCN2C(=O)OCCCc3ccccc3-c3cccc(c3)CC12. The van der Waals surface area contributed by atoms with Crippen molar-refractivity contribution in [3.63, 3.8) is 0 Å². The summed E-state index contributed by atoms with van der Waals surface area (Å²) in [6.07, 6.45) is 3.51. The highest BCUT2D eigenvalue weighted by atomic mass is 32.2. The van der Waals surface area contributed by atoms with Gasteiger partial charge in [0.15, 0.2) is 0 Å². The van der Waals surface area contributed by atoms with Gasteiger partial charge in [-0.25, -0.2) is 17.9 Å². The maximum atomic E-state index is 12.7. The first-order chi connectivity index (χ1) is 13.9. The molecule has 2 aromatic carbocycles. The zero-order valence-corrected chi connectivity index (χ0v) is 17.3. The number of benzene rings is 2. The monoisotopic (exact) mass is 414 g/mol. The minimum Gasteiger partial charge on any atom is -0.449 e. The van der Waals surface area contributed by atoms with Gasteiger partial charge in [-0.3, -0.25) is 0 Å². The Labute approximate surface area is 171 Å². The normalized spacial score (nSPS) is 22.5. The first-order valence-corrected chi connectivity index (χ1v) is 11.9. The fourth-order valence-electron chi connectivity index (χ4n) is 4.38. The van der Waals surface area contributed by atoms with Gasteiger partial charge in [0.25, 0.3) is 0 Å². The number of nitrogens with one attached hydrogen (secondary N) is 1. The lowest BCUT2D eigenvalue weighted by molar-refractivity contribution is 0.0954. The molecule has 7 heteroatoms. The number of hydrogen-bond donors (Lipinski definition) is 1. The molecule has 2 atom stereocenters. The molecule has 154 valence electrons. The van der Waals surface area contributed by atoms with E-state index in [2.05, 4.69) is 29.0 Å². The molecule has 0 saturated carbocycles. The number of amides is 1. The Morgan fingerprint density at radius 2 is 1.97 bits per heavy atom. The van der Waals surface area contributed by atoms with Crippen molar-refractivity contribution in [3.8, 4) is 11.1 Å². The van der Waals surface area contributed by atoms with Crippen LogP contribution in [0.1, 0.15) is 24.0 Å². The molecule has 0 aliphatic carbocycles. The quantitative estimate of drug-likeness (QED) is 0.820. The van der Waals surface area contributed by atoms with Gasteiger partial charge in [0.1, 0.15) is 0 Å². The lowest BCUT2D eigenvalue weighted by Crippen LogP contribution is -2.47. The van der Waals surface area contributed by atoms with E-state index in [1.807, 2.05) is 24.3 Å². The number of ether oxygens (including phenoxy) is 1. The third kappa shape index (κ3) is 4.62. The molecule has 29 heavy (non-hydrogen) atoms. The lowest BCUT2D eigenvalue weighted by atomic mass is 9.93. The van der Waals surface area contributed by atoms with Gasteiger partial charge in [0.05, 0.1) is 18.9 Å². The van der Waals surface area contributed by atoms with Gasteiger partial charge in [-0.05, 0) is 47.9 Å². The first kappa shape index (κ1) is 19.9. The second-order valence-corrected chi connectivity index (χ2v) is 9.61. The molecule has 1 saturated heterocycles. The van der Waals surface area contributed by atoms with Crippen LogP contribution in [-0.2, 0) is 27.6 Å². The summed E-state index contributed by atoms with van der Waals surface area (Å²) in [4.78, 5) is 14.4. The van der Waals surface area contributed by atoms with Gasteiger partial charge >= 0.3 is 6.09 Å². The van der Waals surface area contributed by atoms with Crippen LogP contribution < -0.4 is 4.72 Å². The van der Waals surface area contributed by atoms with E-state index >= 15 is 0 Å². The number of sulfonamides is 1. The molecular formula is C22H26N2O4S. The minimum atomic E-state index is -3.37. The third-order valence-corrected chi connectivity index (χ3v) is 6.39. The molecule has 1 amide bonds. The van der Waals surface area contributed by atoms with Crippen molar-refractivity contribution in [2.75, 3.05) is 19.4 Å². The van der Waals surface area contributed by atoms with Gasteiger partial charge in [-0.15, -0.1) is 0 Å². The van der Waals surface area contributed by atoms with E-state index in [4.69, 9.17) is 4.74 Å². The van der Waals surface area contributed by atoms with Crippen LogP contribution in [0.5, 0.6) is 0 Å². The summed E-state index contributed by atoms with van der Waals surface area (Å²) in [5.41, 5.74) is 4.63. The highest BCUT2D eigenvalue weighted by Gasteiger charge is 2.39. The number of fused-ring (bicyclic) bond motifs is 5. The van der Waals surface area contributed by atoms with Crippen LogP contribution in [0.4, 0.5) is 4.79 Å². The molecular weight excluding hydrogens is 388 g/mol. The minimum absolute atomic E-state index is 0.275. The number of carbonyl (C=O) groups is 1. The van der Waals surface area contributed by atoms with Crippen molar-refractivity contribution < 1.29 is 17.9 Å². The number of cyclic esters (lactones) is 1. The molecule has 0 aromatic heterocycles. The van der Waals surface area contributed by atoms with E-state index in [0.717, 1.165) is 30.2 Å². The summed E-state index contributed by atoms with van der Waals surface area (Å²) in [7, 11) is -3.37. The smallest absolute Gasteiger partial charge is 0.410 e. The van der Waals surface area contributed by atoms with E-state index in [-0.39, 0.29) is 18.2 Å². The van der Waals surface area contributed by atoms with E-state index < -0.39 is 10.0 Å². The van der Waals surface area contributed by atoms with Crippen LogP contribution in [0, 0.1) is 0 Å². The predicted molar refractivity (Wildman–Crippen MR) is 112 cm³/mol. The Morgan fingerprint density at radius 1 is 1.14 bits per heavy atom. The summed E-state index contributed by atoms with van der Waals surface area (Å²) in [6.45, 7) is 0.828. The van der Waals surface area contributed by atoms with E-state index in [0.29, 0.717) is 26.0 Å². The van der Waals surface area contributed by atoms with Crippen LogP contribution in [-0.4, -0.2) is 50.9 Å². The first-order valence-electron chi connectivity index (χ1n) is 9.98. The van der Waals surface area contributed by atoms with Crippen LogP contribution in [0.2, 0.25) is 0 Å². The number of nitrogens with zero attached hydrogens (tertiary/aromatic N) is 1. The Bertz CT molecular complexity index is 1010. The third-order valence-electron chi connectivity index (χ3n) is 5.66. The molecule has 2 heterocycles. The van der Waals surface area contributed by atoms with Crippen molar-refractivity contribution in [1.29, 1.82) is 0 Å². The predicted octanol–water partition coefficient (Wildman–Crippen LogP) is 2.97. The summed E-state index contributed by atoms with van der Waals surface area (Å²) >= 11 is 0. The molecule has 1 fully saturated rings. The van der Waals surface area contributed by atoms with Crippen molar-refractivity contribution in [2.45, 2.75) is 37.8 Å². The molecule has 6 nitrogen and oxygen atoms in total. The fourth-order valence-corrected chi connectivity index (χ4v) is 5.20. The molecule has 0 spiro atoms. The van der Waals surface area contributed by atoms with Gasteiger partial charge in [-0.1, -0.05) is 48.5 Å². The summed E-state index contributed by atoms with van der Waals surface area (Å²) in [5.74, 6) is 0. The summed E-state index contributed by atoms with van der Waals surface area (Å²) < 4.78 is 31.9. The maximum Gasteiger partial charge on any atom is 0.410 e. The Kier molecular flexibility index (Phi) is 5.61. The largest absolute Gasteiger partial charge is 0.449 e. The van der Waals surface area contributed by atoms with Crippen LogP contribution in [0.3, 0.4) is 0 Å². The van der Waals surface area contributed by atoms with Crippen LogP contribution >= 0.6 is 0 Å². The van der Waals surface area contributed by atoms with E-state index in [1.54, 1.807) is 4.90 Å². The van der Waals surface area contributed by atoms with Gasteiger partial charge < -0.3 is 9.64 Å². The zero-order valence-electron chi connectivity index (χ0n) is 16.5. The average molecular weight is 415 g/mol. The van der Waals surface area contributed by atoms with Crippen LogP contribution in [0.15, 0.2) is 48.5 Å². The highest BCUT2D eigenvalue weighted by Crippen LogP contribution is 2.29. The average Bonchev–Trinajstić information content (AvgIpc) is 3.06. The van der Waals surface area contributed by atoms with Crippen molar-refractivity contribution in [2.24, 2.45) is 0 Å². The Morgan fingerprint density at radius 3 is 2.79 bits per heavy atom. The molecule has 4 rings (SSSR count). The highest BCUT2D eigenvalue weighted by molar-refractivity contribution is 7.88. The van der Waals surface area contributed by atoms with E-state index in [9.17, 15) is 13.2 Å². The zero-order chi connectivity index (χ0) is 20.4. The summed E-state index contributed by atoms with van der Waals surface area (Å²) in [6, 6.07) is 16.0. The number of carbonyl (C=O) groups excluding carboxylic acids is 1. The van der Waals surface area contributed by atoms with Gasteiger partial charge in [0.2, 0.25) is 10.0 Å². The molecule has 2 unspecified atom stereocenters. The molecule has 1 N–H and O–H groups in total. The van der Waals surface area contributed by atoms with E-state index in [1.165, 1.54) is 11.1 Å². The van der Waals surface area contributed by atoms with Crippen molar-refractivity contribution in [1.82, 2.24) is 9.62 Å². The standard InChI is InChI=1S/C22H26N2O4S/c1-29(26,27)23-20-11-12-24-21(20)15-16-6-4-8-18(14-16)19-10-3-2-7-17(19)9-5-13-28-22(24)25/h2-4,6-8,10,14,20-21,23H,5,9,11-13,15H2,1H3.